The molecule has 0 spiro atoms. The van der Waals surface area contributed by atoms with Crippen LogP contribution in [0.4, 0.5) is 5.82 Å². The molecule has 1 aliphatic heterocycles. The Morgan fingerprint density at radius 1 is 0.816 bits per heavy atom. The van der Waals surface area contributed by atoms with Crippen LogP contribution in [0.5, 0.6) is 0 Å². The normalized spacial score (nSPS) is 16.3. The van der Waals surface area contributed by atoms with Gasteiger partial charge in [0.15, 0.2) is 0 Å². The first kappa shape index (κ1) is 24.6. The van der Waals surface area contributed by atoms with Crippen molar-refractivity contribution in [1.82, 2.24) is 15.2 Å². The van der Waals surface area contributed by atoms with Gasteiger partial charge in [0, 0.05) is 38.1 Å². The SMILES string of the molecule is CCNC(=O)C1(CCCCN2CCN(c3ccc4ccccc4n3)CC2)c2ccccc2-c2ccccc21. The molecule has 0 saturated carbocycles. The number of unbranched alkanes of at least 4 members (excludes halogenated alkanes) is 1. The van der Waals surface area contributed by atoms with Crippen molar-refractivity contribution in [1.29, 1.82) is 0 Å². The highest BCUT2D eigenvalue weighted by Crippen LogP contribution is 2.51. The van der Waals surface area contributed by atoms with Gasteiger partial charge in [0.05, 0.1) is 5.52 Å². The number of anilines is 1. The molecule has 1 aromatic heterocycles. The van der Waals surface area contributed by atoms with Crippen LogP contribution in [0, 0.1) is 0 Å². The van der Waals surface area contributed by atoms with E-state index >= 15 is 0 Å². The highest BCUT2D eigenvalue weighted by atomic mass is 16.2. The van der Waals surface area contributed by atoms with E-state index in [1.165, 1.54) is 16.5 Å². The zero-order chi connectivity index (χ0) is 26.0. The van der Waals surface area contributed by atoms with Crippen LogP contribution >= 0.6 is 0 Å². The van der Waals surface area contributed by atoms with Gasteiger partial charge >= 0.3 is 0 Å². The van der Waals surface area contributed by atoms with Crippen LogP contribution in [0.1, 0.15) is 37.3 Å². The number of amides is 1. The number of carbonyl (C=O) groups excluding carboxylic acids is 1. The van der Waals surface area contributed by atoms with Crippen LogP contribution in [0.2, 0.25) is 0 Å². The standard InChI is InChI=1S/C33H36N4O/c1-2-34-32(38)33(28-14-6-4-12-26(28)27-13-5-7-15-29(27)33)19-9-10-20-36-21-23-37(24-22-36)31-18-17-25-11-3-8-16-30(25)35-31/h3-8,11-18H,2,9-10,19-24H2,1H3,(H,34,38). The molecule has 0 bridgehead atoms. The molecule has 0 atom stereocenters. The lowest BCUT2D eigenvalue weighted by Gasteiger charge is -2.36. The lowest BCUT2D eigenvalue weighted by Crippen LogP contribution is -2.47. The molecule has 5 nitrogen and oxygen atoms in total. The average molecular weight is 505 g/mol. The summed E-state index contributed by atoms with van der Waals surface area (Å²) in [6.07, 6.45) is 2.92. The van der Waals surface area contributed by atoms with Crippen molar-refractivity contribution in [2.45, 2.75) is 31.6 Å². The molecule has 2 aliphatic rings. The summed E-state index contributed by atoms with van der Waals surface area (Å²) in [4.78, 5) is 23.6. The second-order valence-electron chi connectivity index (χ2n) is 10.5. The largest absolute Gasteiger partial charge is 0.355 e. The van der Waals surface area contributed by atoms with Crippen LogP contribution in [0.25, 0.3) is 22.0 Å². The molecule has 38 heavy (non-hydrogen) atoms. The van der Waals surface area contributed by atoms with Crippen molar-refractivity contribution in [2.75, 3.05) is 44.2 Å². The van der Waals surface area contributed by atoms with Gasteiger partial charge in [0.25, 0.3) is 0 Å². The minimum Gasteiger partial charge on any atom is -0.355 e. The van der Waals surface area contributed by atoms with Crippen LogP contribution in [0.3, 0.4) is 0 Å². The number of nitrogens with one attached hydrogen (secondary N) is 1. The van der Waals surface area contributed by atoms with E-state index in [4.69, 9.17) is 4.98 Å². The number of hydrogen-bond donors (Lipinski definition) is 1. The van der Waals surface area contributed by atoms with Gasteiger partial charge < -0.3 is 10.2 Å². The summed E-state index contributed by atoms with van der Waals surface area (Å²) in [7, 11) is 0. The van der Waals surface area contributed by atoms with Gasteiger partial charge in [-0.1, -0.05) is 73.2 Å². The van der Waals surface area contributed by atoms with Crippen LogP contribution in [-0.4, -0.2) is 55.1 Å². The monoisotopic (exact) mass is 504 g/mol. The van der Waals surface area contributed by atoms with Crippen LogP contribution in [-0.2, 0) is 10.2 Å². The fraction of sp³-hybridized carbons (Fsp3) is 0.333. The van der Waals surface area contributed by atoms with E-state index in [0.717, 1.165) is 74.4 Å². The van der Waals surface area contributed by atoms with Gasteiger partial charge in [0.2, 0.25) is 5.91 Å². The van der Waals surface area contributed by atoms with Crippen molar-refractivity contribution in [3.8, 4) is 11.1 Å². The zero-order valence-electron chi connectivity index (χ0n) is 22.2. The molecular weight excluding hydrogens is 468 g/mol. The maximum atomic E-state index is 13.7. The number of carbonyl (C=O) groups is 1. The highest BCUT2D eigenvalue weighted by molar-refractivity contribution is 6.00. The van der Waals surface area contributed by atoms with Crippen LogP contribution in [0.15, 0.2) is 84.9 Å². The van der Waals surface area contributed by atoms with E-state index in [1.54, 1.807) is 0 Å². The minimum absolute atomic E-state index is 0.133. The molecule has 0 unspecified atom stereocenters. The van der Waals surface area contributed by atoms with E-state index in [2.05, 4.69) is 100 Å². The molecule has 6 rings (SSSR count). The number of likely N-dealkylation sites (N-methyl/N-ethyl adjacent to an activating group) is 1. The number of pyridine rings is 1. The predicted octanol–water partition coefficient (Wildman–Crippen LogP) is 5.63. The van der Waals surface area contributed by atoms with Crippen molar-refractivity contribution in [3.63, 3.8) is 0 Å². The first-order valence-corrected chi connectivity index (χ1v) is 14.0. The predicted molar refractivity (Wildman–Crippen MR) is 156 cm³/mol. The Balaban J connectivity index is 1.10. The van der Waals surface area contributed by atoms with E-state index in [-0.39, 0.29) is 5.91 Å². The van der Waals surface area contributed by atoms with Gasteiger partial charge in [-0.3, -0.25) is 9.69 Å². The summed E-state index contributed by atoms with van der Waals surface area (Å²) in [5.74, 6) is 1.21. The molecule has 194 valence electrons. The van der Waals surface area contributed by atoms with E-state index in [9.17, 15) is 4.79 Å². The Morgan fingerprint density at radius 2 is 1.47 bits per heavy atom. The molecular formula is C33H36N4O. The second kappa shape index (κ2) is 10.6. The van der Waals surface area contributed by atoms with Gasteiger partial charge in [-0.15, -0.1) is 0 Å². The smallest absolute Gasteiger partial charge is 0.235 e. The molecule has 3 aromatic carbocycles. The molecule has 1 amide bonds. The third-order valence-electron chi connectivity index (χ3n) is 8.34. The number of para-hydroxylation sites is 1. The Labute approximate surface area is 225 Å². The molecule has 5 heteroatoms. The lowest BCUT2D eigenvalue weighted by molar-refractivity contribution is -0.125. The molecule has 1 aliphatic carbocycles. The number of nitrogens with zero attached hydrogens (tertiary/aromatic N) is 3. The highest BCUT2D eigenvalue weighted by Gasteiger charge is 2.48. The molecule has 4 aromatic rings. The van der Waals surface area contributed by atoms with Crippen molar-refractivity contribution in [2.24, 2.45) is 0 Å². The van der Waals surface area contributed by atoms with Crippen molar-refractivity contribution >= 4 is 22.6 Å². The summed E-state index contributed by atoms with van der Waals surface area (Å²) < 4.78 is 0. The van der Waals surface area contributed by atoms with Crippen molar-refractivity contribution in [3.05, 3.63) is 96.1 Å². The Hall–Kier alpha value is -3.70. The average Bonchev–Trinajstić information content (AvgIpc) is 3.26. The molecule has 1 N–H and O–H groups in total. The molecule has 1 fully saturated rings. The lowest BCUT2D eigenvalue weighted by atomic mass is 9.73. The summed E-state index contributed by atoms with van der Waals surface area (Å²) in [6.45, 7) is 7.79. The number of hydrogen-bond acceptors (Lipinski definition) is 4. The molecule has 1 saturated heterocycles. The van der Waals surface area contributed by atoms with Crippen molar-refractivity contribution < 1.29 is 4.79 Å². The summed E-state index contributed by atoms with van der Waals surface area (Å²) in [5, 5.41) is 4.36. The maximum absolute atomic E-state index is 13.7. The third kappa shape index (κ3) is 4.35. The Bertz CT molecular complexity index is 1390. The first-order chi connectivity index (χ1) is 18.7. The fourth-order valence-electron chi connectivity index (χ4n) is 6.42. The minimum atomic E-state index is -0.607. The number of rotatable bonds is 8. The summed E-state index contributed by atoms with van der Waals surface area (Å²) in [5.41, 5.74) is 5.17. The quantitative estimate of drug-likeness (QED) is 0.316. The van der Waals surface area contributed by atoms with E-state index < -0.39 is 5.41 Å². The third-order valence-corrected chi connectivity index (χ3v) is 8.34. The Kier molecular flexibility index (Phi) is 6.86. The number of benzene rings is 3. The summed E-state index contributed by atoms with van der Waals surface area (Å²) in [6, 6.07) is 29.6. The summed E-state index contributed by atoms with van der Waals surface area (Å²) >= 11 is 0. The molecule has 2 heterocycles. The van der Waals surface area contributed by atoms with E-state index in [1.807, 2.05) is 6.92 Å². The van der Waals surface area contributed by atoms with Gasteiger partial charge in [0.1, 0.15) is 11.2 Å². The number of fused-ring (bicyclic) bond motifs is 4. The van der Waals surface area contributed by atoms with E-state index in [0.29, 0.717) is 6.54 Å². The van der Waals surface area contributed by atoms with Gasteiger partial charge in [-0.25, -0.2) is 4.98 Å². The maximum Gasteiger partial charge on any atom is 0.235 e. The number of aromatic nitrogens is 1. The van der Waals surface area contributed by atoms with Crippen LogP contribution < -0.4 is 10.2 Å². The second-order valence-corrected chi connectivity index (χ2v) is 10.5. The zero-order valence-corrected chi connectivity index (χ0v) is 22.2. The van der Waals surface area contributed by atoms with Gasteiger partial charge in [-0.2, -0.15) is 0 Å². The fourth-order valence-corrected chi connectivity index (χ4v) is 6.42. The first-order valence-electron chi connectivity index (χ1n) is 14.0. The topological polar surface area (TPSA) is 48.5 Å². The molecule has 0 radical (unpaired) electrons. The Morgan fingerprint density at radius 3 is 2.18 bits per heavy atom. The number of piperazine rings is 1. The van der Waals surface area contributed by atoms with Gasteiger partial charge in [-0.05, 0) is 66.8 Å².